The molecular weight excluding hydrogens is 280 g/mol. The molecule has 0 fully saturated rings. The third-order valence-electron chi connectivity index (χ3n) is 3.35. The van der Waals surface area contributed by atoms with Gasteiger partial charge in [-0.25, -0.2) is 9.97 Å². The van der Waals surface area contributed by atoms with Crippen LogP contribution in [0.1, 0.15) is 30.2 Å². The highest BCUT2D eigenvalue weighted by Gasteiger charge is 2.22. The van der Waals surface area contributed by atoms with Crippen LogP contribution < -0.4 is 0 Å². The van der Waals surface area contributed by atoms with Crippen molar-refractivity contribution in [1.29, 1.82) is 0 Å². The molecule has 6 heteroatoms. The van der Waals surface area contributed by atoms with E-state index in [0.29, 0.717) is 0 Å². The Morgan fingerprint density at radius 2 is 2.21 bits per heavy atom. The first-order chi connectivity index (χ1) is 9.16. The molecule has 2 heterocycles. The van der Waals surface area contributed by atoms with Crippen molar-refractivity contribution in [1.82, 2.24) is 9.97 Å². The number of aryl methyl sites for hydroxylation is 2. The van der Waals surface area contributed by atoms with E-state index in [2.05, 4.69) is 9.97 Å². The van der Waals surface area contributed by atoms with E-state index in [1.165, 1.54) is 35.0 Å². The quantitative estimate of drug-likeness (QED) is 0.696. The first kappa shape index (κ1) is 12.9. The molecule has 0 aliphatic heterocycles. The Balaban J connectivity index is 2.09. The summed E-state index contributed by atoms with van der Waals surface area (Å²) in [6.45, 7) is 1.69. The SMILES string of the molecule is C[C@@H](Sc1ncnc2sc3c(c12)CCCC3)C(=O)O. The van der Waals surface area contributed by atoms with Crippen LogP contribution in [-0.2, 0) is 17.6 Å². The minimum absolute atomic E-state index is 0.489. The molecular formula is C13H14N2O2S2. The van der Waals surface area contributed by atoms with Crippen LogP contribution in [0.3, 0.4) is 0 Å². The number of nitrogens with zero attached hydrogens (tertiary/aromatic N) is 2. The van der Waals surface area contributed by atoms with Crippen LogP contribution in [0.25, 0.3) is 10.2 Å². The Hall–Kier alpha value is -1.14. The zero-order valence-corrected chi connectivity index (χ0v) is 12.2. The molecule has 0 saturated heterocycles. The minimum Gasteiger partial charge on any atom is -0.480 e. The van der Waals surface area contributed by atoms with Crippen LogP contribution in [0.15, 0.2) is 11.4 Å². The zero-order chi connectivity index (χ0) is 13.4. The van der Waals surface area contributed by atoms with Gasteiger partial charge in [0, 0.05) is 10.3 Å². The molecule has 19 heavy (non-hydrogen) atoms. The van der Waals surface area contributed by atoms with Gasteiger partial charge < -0.3 is 5.11 Å². The lowest BCUT2D eigenvalue weighted by atomic mass is 9.97. The van der Waals surface area contributed by atoms with Crippen molar-refractivity contribution in [2.45, 2.75) is 42.9 Å². The molecule has 0 radical (unpaired) electrons. The number of fused-ring (bicyclic) bond motifs is 3. The molecule has 3 rings (SSSR count). The van der Waals surface area contributed by atoms with Crippen molar-refractivity contribution in [3.05, 3.63) is 16.8 Å². The second kappa shape index (κ2) is 5.09. The number of carbonyl (C=O) groups is 1. The molecule has 1 N–H and O–H groups in total. The van der Waals surface area contributed by atoms with Crippen LogP contribution in [0.2, 0.25) is 0 Å². The normalized spacial score (nSPS) is 16.3. The lowest BCUT2D eigenvalue weighted by molar-refractivity contribution is -0.136. The number of hydrogen-bond acceptors (Lipinski definition) is 5. The first-order valence-electron chi connectivity index (χ1n) is 6.31. The lowest BCUT2D eigenvalue weighted by Crippen LogP contribution is -2.11. The van der Waals surface area contributed by atoms with Crippen LogP contribution in [0.5, 0.6) is 0 Å². The van der Waals surface area contributed by atoms with Gasteiger partial charge in [-0.1, -0.05) is 11.8 Å². The van der Waals surface area contributed by atoms with Crippen LogP contribution in [0, 0.1) is 0 Å². The molecule has 2 aromatic heterocycles. The predicted octanol–water partition coefficient (Wildman–Crippen LogP) is 3.14. The number of carboxylic acids is 1. The van der Waals surface area contributed by atoms with Gasteiger partial charge in [0.15, 0.2) is 0 Å². The highest BCUT2D eigenvalue weighted by Crippen LogP contribution is 2.39. The fourth-order valence-corrected chi connectivity index (χ4v) is 4.54. The van der Waals surface area contributed by atoms with Gasteiger partial charge in [-0.2, -0.15) is 0 Å². The van der Waals surface area contributed by atoms with E-state index in [-0.39, 0.29) is 0 Å². The van der Waals surface area contributed by atoms with E-state index in [0.717, 1.165) is 28.1 Å². The van der Waals surface area contributed by atoms with Gasteiger partial charge in [0.1, 0.15) is 21.4 Å². The Morgan fingerprint density at radius 1 is 1.42 bits per heavy atom. The van der Waals surface area contributed by atoms with E-state index >= 15 is 0 Å². The predicted molar refractivity (Wildman–Crippen MR) is 77.0 cm³/mol. The summed E-state index contributed by atoms with van der Waals surface area (Å²) in [6.07, 6.45) is 6.17. The number of rotatable bonds is 3. The third kappa shape index (κ3) is 2.34. The number of aromatic nitrogens is 2. The molecule has 4 nitrogen and oxygen atoms in total. The first-order valence-corrected chi connectivity index (χ1v) is 8.01. The van der Waals surface area contributed by atoms with E-state index < -0.39 is 11.2 Å². The highest BCUT2D eigenvalue weighted by molar-refractivity contribution is 8.00. The fourth-order valence-electron chi connectivity index (χ4n) is 2.37. The molecule has 100 valence electrons. The summed E-state index contributed by atoms with van der Waals surface area (Å²) in [7, 11) is 0. The maximum absolute atomic E-state index is 11.0. The Kier molecular flexibility index (Phi) is 3.45. The summed E-state index contributed by atoms with van der Waals surface area (Å²) in [6, 6.07) is 0. The minimum atomic E-state index is -0.805. The van der Waals surface area contributed by atoms with E-state index in [1.54, 1.807) is 24.6 Å². The average molecular weight is 294 g/mol. The van der Waals surface area contributed by atoms with Crippen molar-refractivity contribution in [3.8, 4) is 0 Å². The van der Waals surface area contributed by atoms with Crippen LogP contribution >= 0.6 is 23.1 Å². The number of carboxylic acid groups (broad SMARTS) is 1. The van der Waals surface area contributed by atoms with Gasteiger partial charge >= 0.3 is 5.97 Å². The smallest absolute Gasteiger partial charge is 0.316 e. The van der Waals surface area contributed by atoms with E-state index in [4.69, 9.17) is 5.11 Å². The second-order valence-electron chi connectivity index (χ2n) is 4.67. The lowest BCUT2D eigenvalue weighted by Gasteiger charge is -2.12. The number of hydrogen-bond donors (Lipinski definition) is 1. The molecule has 1 atom stereocenters. The Bertz CT molecular complexity index is 639. The summed E-state index contributed by atoms with van der Waals surface area (Å²) in [5.74, 6) is -0.805. The van der Waals surface area contributed by atoms with Crippen molar-refractivity contribution < 1.29 is 9.90 Å². The Labute approximate surface area is 119 Å². The molecule has 0 spiro atoms. The number of thioether (sulfide) groups is 1. The third-order valence-corrected chi connectivity index (χ3v) is 5.64. The molecule has 1 aliphatic carbocycles. The highest BCUT2D eigenvalue weighted by atomic mass is 32.2. The molecule has 2 aromatic rings. The summed E-state index contributed by atoms with van der Waals surface area (Å²) in [5.41, 5.74) is 1.35. The zero-order valence-electron chi connectivity index (χ0n) is 10.5. The van der Waals surface area contributed by atoms with Crippen molar-refractivity contribution in [2.24, 2.45) is 0 Å². The van der Waals surface area contributed by atoms with Gasteiger partial charge in [0.05, 0.1) is 0 Å². The summed E-state index contributed by atoms with van der Waals surface area (Å²) >= 11 is 3.05. The van der Waals surface area contributed by atoms with Crippen LogP contribution in [0.4, 0.5) is 0 Å². The standard InChI is InChI=1S/C13H14N2O2S2/c1-7(13(16)17)18-11-10-8-4-2-3-5-9(8)19-12(10)15-6-14-11/h6-7H,2-5H2,1H3,(H,16,17)/t7-/m1/s1. The van der Waals surface area contributed by atoms with Gasteiger partial charge in [0.25, 0.3) is 0 Å². The number of thiophene rings is 1. The average Bonchev–Trinajstić information content (AvgIpc) is 2.77. The largest absolute Gasteiger partial charge is 0.480 e. The topological polar surface area (TPSA) is 63.1 Å². The molecule has 0 aromatic carbocycles. The van der Waals surface area contributed by atoms with E-state index in [9.17, 15) is 4.79 Å². The van der Waals surface area contributed by atoms with Crippen LogP contribution in [-0.4, -0.2) is 26.3 Å². The van der Waals surface area contributed by atoms with Crippen molar-refractivity contribution in [3.63, 3.8) is 0 Å². The molecule has 0 bridgehead atoms. The summed E-state index contributed by atoms with van der Waals surface area (Å²) < 4.78 is 0. The monoisotopic (exact) mass is 294 g/mol. The maximum Gasteiger partial charge on any atom is 0.316 e. The molecule has 0 amide bonds. The maximum atomic E-state index is 11.0. The Morgan fingerprint density at radius 3 is 3.00 bits per heavy atom. The summed E-state index contributed by atoms with van der Waals surface area (Å²) in [5, 5.41) is 10.5. The van der Waals surface area contributed by atoms with Crippen molar-refractivity contribution in [2.75, 3.05) is 0 Å². The van der Waals surface area contributed by atoms with E-state index in [1.807, 2.05) is 0 Å². The second-order valence-corrected chi connectivity index (χ2v) is 7.08. The molecule has 0 saturated carbocycles. The van der Waals surface area contributed by atoms with Gasteiger partial charge in [-0.05, 0) is 38.2 Å². The van der Waals surface area contributed by atoms with Gasteiger partial charge in [-0.3, -0.25) is 4.79 Å². The molecule has 1 aliphatic rings. The fraction of sp³-hybridized carbons (Fsp3) is 0.462. The number of aliphatic carboxylic acids is 1. The molecule has 0 unspecified atom stereocenters. The van der Waals surface area contributed by atoms with Gasteiger partial charge in [0.2, 0.25) is 0 Å². The summed E-state index contributed by atoms with van der Waals surface area (Å²) in [4.78, 5) is 22.1. The van der Waals surface area contributed by atoms with Crippen molar-refractivity contribution >= 4 is 39.3 Å². The van der Waals surface area contributed by atoms with Gasteiger partial charge in [-0.15, -0.1) is 11.3 Å².